The third-order valence-corrected chi connectivity index (χ3v) is 4.47. The second-order valence-electron chi connectivity index (χ2n) is 5.98. The highest BCUT2D eigenvalue weighted by molar-refractivity contribution is 5.92. The van der Waals surface area contributed by atoms with Crippen LogP contribution in [0.2, 0.25) is 0 Å². The van der Waals surface area contributed by atoms with Gasteiger partial charge in [-0.2, -0.15) is 0 Å². The fourth-order valence-electron chi connectivity index (χ4n) is 3.06. The molecule has 21 heavy (non-hydrogen) atoms. The number of hydrogen-bond acceptors (Lipinski definition) is 3. The maximum atomic E-state index is 12.3. The first-order valence-electron chi connectivity index (χ1n) is 7.74. The Labute approximate surface area is 126 Å². The second kappa shape index (κ2) is 7.61. The van der Waals surface area contributed by atoms with Crippen LogP contribution in [-0.2, 0) is 11.3 Å². The van der Waals surface area contributed by atoms with E-state index in [0.29, 0.717) is 25.4 Å². The van der Waals surface area contributed by atoms with Gasteiger partial charge in [-0.15, -0.1) is 0 Å². The maximum absolute atomic E-state index is 12.3. The average Bonchev–Trinajstić information content (AvgIpc) is 3.00. The van der Waals surface area contributed by atoms with Gasteiger partial charge in [0.05, 0.1) is 13.2 Å². The third-order valence-electron chi connectivity index (χ3n) is 4.47. The van der Waals surface area contributed by atoms with Crippen molar-refractivity contribution in [1.29, 1.82) is 0 Å². The predicted octanol–water partition coefficient (Wildman–Crippen LogP) is 1.81. The Bertz CT molecular complexity index is 450. The average molecular weight is 294 g/mol. The lowest BCUT2D eigenvalue weighted by Gasteiger charge is -2.35. The minimum Gasteiger partial charge on any atom is -0.396 e. The van der Waals surface area contributed by atoms with E-state index in [9.17, 15) is 9.90 Å². The number of aliphatic hydroxyl groups excluding tert-OH is 1. The van der Waals surface area contributed by atoms with Crippen LogP contribution in [0.15, 0.2) is 18.3 Å². The molecule has 1 aromatic rings. The lowest BCUT2D eigenvalue weighted by atomic mass is 9.74. The lowest BCUT2D eigenvalue weighted by Crippen LogP contribution is -2.41. The highest BCUT2D eigenvalue weighted by Gasteiger charge is 2.31. The summed E-state index contributed by atoms with van der Waals surface area (Å²) in [5, 5.41) is 12.7. The largest absolute Gasteiger partial charge is 0.396 e. The van der Waals surface area contributed by atoms with E-state index in [1.807, 2.05) is 22.9 Å². The number of aromatic nitrogens is 1. The molecule has 2 N–H and O–H groups in total. The summed E-state index contributed by atoms with van der Waals surface area (Å²) in [5.74, 6) is -0.0745. The minimum absolute atomic E-state index is 0.0745. The first-order valence-corrected chi connectivity index (χ1v) is 7.74. The van der Waals surface area contributed by atoms with Gasteiger partial charge in [0.15, 0.2) is 0 Å². The molecule has 0 unspecified atom stereocenters. The van der Waals surface area contributed by atoms with Crippen LogP contribution in [0.25, 0.3) is 0 Å². The number of methoxy groups -OCH3 is 1. The molecule has 0 saturated heterocycles. The summed E-state index contributed by atoms with van der Waals surface area (Å²) in [6, 6.07) is 3.68. The van der Waals surface area contributed by atoms with Crippen LogP contribution in [0, 0.1) is 5.41 Å². The standard InChI is InChI=1S/C16H26N2O3/c1-21-11-10-18-9-5-6-14(18)15(20)17-12-16(13-19)7-3-2-4-8-16/h5-6,9,19H,2-4,7-8,10-13H2,1H3,(H,17,20). The first kappa shape index (κ1) is 16.0. The van der Waals surface area contributed by atoms with Gasteiger partial charge in [0.2, 0.25) is 0 Å². The number of nitrogens with zero attached hydrogens (tertiary/aromatic N) is 1. The predicted molar refractivity (Wildman–Crippen MR) is 81.2 cm³/mol. The third kappa shape index (κ3) is 4.08. The Kier molecular flexibility index (Phi) is 5.82. The molecule has 0 aromatic carbocycles. The fraction of sp³-hybridized carbons (Fsp3) is 0.688. The molecule has 1 heterocycles. The van der Waals surface area contributed by atoms with Crippen molar-refractivity contribution in [2.75, 3.05) is 26.9 Å². The van der Waals surface area contributed by atoms with Crippen molar-refractivity contribution < 1.29 is 14.6 Å². The van der Waals surface area contributed by atoms with Gasteiger partial charge in [0.1, 0.15) is 5.69 Å². The summed E-state index contributed by atoms with van der Waals surface area (Å²) in [6.45, 7) is 1.95. The number of rotatable bonds is 7. The van der Waals surface area contributed by atoms with Crippen LogP contribution in [0.4, 0.5) is 0 Å². The van der Waals surface area contributed by atoms with E-state index in [-0.39, 0.29) is 17.9 Å². The van der Waals surface area contributed by atoms with Crippen LogP contribution in [0.3, 0.4) is 0 Å². The topological polar surface area (TPSA) is 63.5 Å². The van der Waals surface area contributed by atoms with E-state index in [0.717, 1.165) is 25.7 Å². The second-order valence-corrected chi connectivity index (χ2v) is 5.98. The molecule has 0 atom stereocenters. The van der Waals surface area contributed by atoms with Crippen molar-refractivity contribution in [3.05, 3.63) is 24.0 Å². The lowest BCUT2D eigenvalue weighted by molar-refractivity contribution is 0.0712. The molecule has 2 rings (SSSR count). The van der Waals surface area contributed by atoms with Crippen molar-refractivity contribution in [2.24, 2.45) is 5.41 Å². The number of aliphatic hydroxyl groups is 1. The van der Waals surface area contributed by atoms with Gasteiger partial charge in [0.25, 0.3) is 5.91 Å². The first-order chi connectivity index (χ1) is 10.2. The molecule has 1 aliphatic carbocycles. The molecule has 0 radical (unpaired) electrons. The number of amides is 1. The monoisotopic (exact) mass is 294 g/mol. The van der Waals surface area contributed by atoms with E-state index in [2.05, 4.69) is 5.32 Å². The van der Waals surface area contributed by atoms with Gasteiger partial charge in [-0.1, -0.05) is 19.3 Å². The molecule has 1 aliphatic rings. The Morgan fingerprint density at radius 1 is 1.43 bits per heavy atom. The van der Waals surface area contributed by atoms with Crippen LogP contribution in [-0.4, -0.2) is 42.4 Å². The van der Waals surface area contributed by atoms with E-state index in [4.69, 9.17) is 4.74 Å². The highest BCUT2D eigenvalue weighted by atomic mass is 16.5. The number of hydrogen-bond donors (Lipinski definition) is 2. The van der Waals surface area contributed by atoms with Crippen molar-refractivity contribution >= 4 is 5.91 Å². The van der Waals surface area contributed by atoms with Gasteiger partial charge < -0.3 is 19.7 Å². The molecule has 5 nitrogen and oxygen atoms in total. The van der Waals surface area contributed by atoms with Gasteiger partial charge >= 0.3 is 0 Å². The molecule has 1 saturated carbocycles. The van der Waals surface area contributed by atoms with Gasteiger partial charge in [-0.25, -0.2) is 0 Å². The van der Waals surface area contributed by atoms with Crippen LogP contribution in [0.1, 0.15) is 42.6 Å². The molecule has 118 valence electrons. The van der Waals surface area contributed by atoms with Gasteiger partial charge in [0, 0.05) is 31.8 Å². The smallest absolute Gasteiger partial charge is 0.267 e. The molecular formula is C16H26N2O3. The Morgan fingerprint density at radius 3 is 2.86 bits per heavy atom. The summed E-state index contributed by atoms with van der Waals surface area (Å²) >= 11 is 0. The fourth-order valence-corrected chi connectivity index (χ4v) is 3.06. The maximum Gasteiger partial charge on any atom is 0.267 e. The zero-order chi connectivity index (χ0) is 15.1. The Morgan fingerprint density at radius 2 is 2.19 bits per heavy atom. The van der Waals surface area contributed by atoms with E-state index in [1.54, 1.807) is 7.11 Å². The Balaban J connectivity index is 1.93. The molecular weight excluding hydrogens is 268 g/mol. The molecule has 1 fully saturated rings. The molecule has 1 amide bonds. The van der Waals surface area contributed by atoms with Crippen LogP contribution < -0.4 is 5.32 Å². The van der Waals surface area contributed by atoms with Gasteiger partial charge in [-0.3, -0.25) is 4.79 Å². The number of ether oxygens (including phenoxy) is 1. The Hall–Kier alpha value is -1.33. The number of carbonyl (C=O) groups is 1. The summed E-state index contributed by atoms with van der Waals surface area (Å²) in [7, 11) is 1.65. The van der Waals surface area contributed by atoms with Crippen LogP contribution in [0.5, 0.6) is 0 Å². The normalized spacial score (nSPS) is 17.6. The number of carbonyl (C=O) groups excluding carboxylic acids is 1. The summed E-state index contributed by atoms with van der Waals surface area (Å²) in [4.78, 5) is 12.3. The summed E-state index contributed by atoms with van der Waals surface area (Å²) in [6.07, 6.45) is 7.39. The summed E-state index contributed by atoms with van der Waals surface area (Å²) in [5.41, 5.74) is 0.522. The van der Waals surface area contributed by atoms with E-state index >= 15 is 0 Å². The van der Waals surface area contributed by atoms with Crippen molar-refractivity contribution in [1.82, 2.24) is 9.88 Å². The number of nitrogens with one attached hydrogen (secondary N) is 1. The van der Waals surface area contributed by atoms with Gasteiger partial charge in [-0.05, 0) is 25.0 Å². The molecule has 1 aromatic heterocycles. The summed E-state index contributed by atoms with van der Waals surface area (Å²) < 4.78 is 6.95. The van der Waals surface area contributed by atoms with E-state index in [1.165, 1.54) is 6.42 Å². The van der Waals surface area contributed by atoms with Crippen molar-refractivity contribution in [3.63, 3.8) is 0 Å². The SMILES string of the molecule is COCCn1cccc1C(=O)NCC1(CO)CCCCC1. The quantitative estimate of drug-likeness (QED) is 0.806. The highest BCUT2D eigenvalue weighted by Crippen LogP contribution is 2.35. The molecule has 0 spiro atoms. The molecule has 5 heteroatoms. The van der Waals surface area contributed by atoms with E-state index < -0.39 is 0 Å². The molecule has 0 bridgehead atoms. The van der Waals surface area contributed by atoms with Crippen LogP contribution >= 0.6 is 0 Å². The van der Waals surface area contributed by atoms with Crippen molar-refractivity contribution in [3.8, 4) is 0 Å². The minimum atomic E-state index is -0.127. The van der Waals surface area contributed by atoms with Crippen molar-refractivity contribution in [2.45, 2.75) is 38.6 Å². The molecule has 0 aliphatic heterocycles. The zero-order valence-corrected chi connectivity index (χ0v) is 12.8. The zero-order valence-electron chi connectivity index (χ0n) is 12.8.